The molecule has 2 N–H and O–H groups in total. The highest BCUT2D eigenvalue weighted by Gasteiger charge is 2.20. The van der Waals surface area contributed by atoms with E-state index in [4.69, 9.17) is 0 Å². The van der Waals surface area contributed by atoms with E-state index < -0.39 is 5.60 Å². The topological polar surface area (TPSA) is 32.3 Å². The third kappa shape index (κ3) is 5.53. The summed E-state index contributed by atoms with van der Waals surface area (Å²) >= 11 is 0. The molecule has 0 heterocycles. The van der Waals surface area contributed by atoms with Crippen molar-refractivity contribution < 1.29 is 5.11 Å². The molecule has 0 aromatic rings. The van der Waals surface area contributed by atoms with E-state index in [0.717, 1.165) is 18.9 Å². The van der Waals surface area contributed by atoms with E-state index in [9.17, 15) is 5.11 Å². The molecule has 1 aliphatic carbocycles. The highest BCUT2D eigenvalue weighted by molar-refractivity contribution is 4.77. The van der Waals surface area contributed by atoms with Crippen molar-refractivity contribution >= 4 is 0 Å². The summed E-state index contributed by atoms with van der Waals surface area (Å²) in [6, 6.07) is 0.618. The molecule has 1 fully saturated rings. The number of hydrogen-bond donors (Lipinski definition) is 2. The zero-order chi connectivity index (χ0) is 11.3. The average molecular weight is 213 g/mol. The van der Waals surface area contributed by atoms with Gasteiger partial charge in [-0.1, -0.05) is 19.3 Å². The van der Waals surface area contributed by atoms with Gasteiger partial charge in [0.25, 0.3) is 0 Å². The van der Waals surface area contributed by atoms with E-state index >= 15 is 0 Å². The summed E-state index contributed by atoms with van der Waals surface area (Å²) in [5.74, 6) is 0.862. The molecule has 1 saturated carbocycles. The molecule has 1 atom stereocenters. The summed E-state index contributed by atoms with van der Waals surface area (Å²) in [4.78, 5) is 0. The van der Waals surface area contributed by atoms with Gasteiger partial charge in [-0.05, 0) is 52.5 Å². The van der Waals surface area contributed by atoms with Crippen LogP contribution in [0, 0.1) is 5.92 Å². The van der Waals surface area contributed by atoms with Crippen molar-refractivity contribution in [2.75, 3.05) is 6.54 Å². The van der Waals surface area contributed by atoms with Crippen LogP contribution in [0.2, 0.25) is 0 Å². The molecular formula is C13H27NO. The highest BCUT2D eigenvalue weighted by atomic mass is 16.3. The van der Waals surface area contributed by atoms with E-state index in [2.05, 4.69) is 12.2 Å². The van der Waals surface area contributed by atoms with Crippen LogP contribution in [0.1, 0.15) is 59.3 Å². The molecule has 0 aromatic heterocycles. The number of nitrogens with one attached hydrogen (secondary N) is 1. The minimum atomic E-state index is -0.528. The van der Waals surface area contributed by atoms with Gasteiger partial charge in [0.1, 0.15) is 0 Å². The molecule has 1 unspecified atom stereocenters. The summed E-state index contributed by atoms with van der Waals surface area (Å²) in [7, 11) is 0. The summed E-state index contributed by atoms with van der Waals surface area (Å²) < 4.78 is 0. The lowest BCUT2D eigenvalue weighted by molar-refractivity contribution is 0.0695. The van der Waals surface area contributed by atoms with E-state index in [-0.39, 0.29) is 0 Å². The van der Waals surface area contributed by atoms with Crippen LogP contribution < -0.4 is 5.32 Å². The SMILES string of the molecule is CC(NCCC(C)(C)O)C1CCCCC1. The smallest absolute Gasteiger partial charge is 0.0603 e. The van der Waals surface area contributed by atoms with Gasteiger partial charge < -0.3 is 10.4 Å². The quantitative estimate of drug-likeness (QED) is 0.736. The van der Waals surface area contributed by atoms with Crippen molar-refractivity contribution in [3.8, 4) is 0 Å². The van der Waals surface area contributed by atoms with E-state index in [0.29, 0.717) is 6.04 Å². The third-order valence-electron chi connectivity index (χ3n) is 3.56. The monoisotopic (exact) mass is 213 g/mol. The molecule has 1 aliphatic rings. The second-order valence-electron chi connectivity index (χ2n) is 5.70. The van der Waals surface area contributed by atoms with Crippen LogP contribution >= 0.6 is 0 Å². The largest absolute Gasteiger partial charge is 0.390 e. The average Bonchev–Trinajstić information content (AvgIpc) is 2.17. The lowest BCUT2D eigenvalue weighted by Crippen LogP contribution is -2.37. The predicted molar refractivity (Wildman–Crippen MR) is 65.0 cm³/mol. The minimum absolute atomic E-state index is 0.528. The summed E-state index contributed by atoms with van der Waals surface area (Å²) in [5, 5.41) is 13.1. The molecule has 0 saturated heterocycles. The normalized spacial score (nSPS) is 21.6. The van der Waals surface area contributed by atoms with Crippen LogP contribution in [-0.4, -0.2) is 23.3 Å². The van der Waals surface area contributed by atoms with Crippen molar-refractivity contribution in [1.29, 1.82) is 0 Å². The van der Waals surface area contributed by atoms with E-state index in [1.165, 1.54) is 32.1 Å². The molecule has 0 bridgehead atoms. The Kier molecular flexibility index (Phi) is 5.07. The Morgan fingerprint density at radius 2 is 1.87 bits per heavy atom. The van der Waals surface area contributed by atoms with E-state index in [1.807, 2.05) is 13.8 Å². The first kappa shape index (κ1) is 13.0. The van der Waals surface area contributed by atoms with Crippen LogP contribution in [0.3, 0.4) is 0 Å². The molecule has 0 amide bonds. The molecular weight excluding hydrogens is 186 g/mol. The molecule has 15 heavy (non-hydrogen) atoms. The molecule has 90 valence electrons. The number of hydrogen-bond acceptors (Lipinski definition) is 2. The minimum Gasteiger partial charge on any atom is -0.390 e. The van der Waals surface area contributed by atoms with Gasteiger partial charge in [0.2, 0.25) is 0 Å². The predicted octanol–water partition coefficient (Wildman–Crippen LogP) is 2.71. The lowest BCUT2D eigenvalue weighted by Gasteiger charge is -2.29. The van der Waals surface area contributed by atoms with Crippen molar-refractivity contribution in [1.82, 2.24) is 5.32 Å². The van der Waals surface area contributed by atoms with Gasteiger partial charge in [0.05, 0.1) is 5.60 Å². The Hall–Kier alpha value is -0.0800. The van der Waals surface area contributed by atoms with Gasteiger partial charge in [0.15, 0.2) is 0 Å². The van der Waals surface area contributed by atoms with Crippen LogP contribution in [0.4, 0.5) is 0 Å². The molecule has 0 aromatic carbocycles. The number of rotatable bonds is 5. The van der Waals surface area contributed by atoms with Crippen LogP contribution in [0.15, 0.2) is 0 Å². The van der Waals surface area contributed by atoms with Gasteiger partial charge in [0, 0.05) is 6.04 Å². The molecule has 0 spiro atoms. The van der Waals surface area contributed by atoms with Crippen molar-refractivity contribution in [3.63, 3.8) is 0 Å². The van der Waals surface area contributed by atoms with Crippen molar-refractivity contribution in [2.24, 2.45) is 5.92 Å². The van der Waals surface area contributed by atoms with Gasteiger partial charge in [-0.2, -0.15) is 0 Å². The first-order chi connectivity index (χ1) is 6.99. The Labute approximate surface area is 94.5 Å². The van der Waals surface area contributed by atoms with Gasteiger partial charge in [-0.25, -0.2) is 0 Å². The molecule has 2 nitrogen and oxygen atoms in total. The summed E-state index contributed by atoms with van der Waals surface area (Å²) in [6.07, 6.45) is 7.84. The second-order valence-corrected chi connectivity index (χ2v) is 5.70. The maximum Gasteiger partial charge on any atom is 0.0603 e. The Morgan fingerprint density at radius 1 is 1.27 bits per heavy atom. The second kappa shape index (κ2) is 5.86. The third-order valence-corrected chi connectivity index (χ3v) is 3.56. The summed E-state index contributed by atoms with van der Waals surface area (Å²) in [5.41, 5.74) is -0.528. The first-order valence-corrected chi connectivity index (χ1v) is 6.45. The van der Waals surface area contributed by atoms with Crippen LogP contribution in [0.5, 0.6) is 0 Å². The highest BCUT2D eigenvalue weighted by Crippen LogP contribution is 2.26. The maximum absolute atomic E-state index is 9.60. The first-order valence-electron chi connectivity index (χ1n) is 6.45. The molecule has 1 rings (SSSR count). The zero-order valence-corrected chi connectivity index (χ0v) is 10.6. The van der Waals surface area contributed by atoms with Crippen molar-refractivity contribution in [3.05, 3.63) is 0 Å². The van der Waals surface area contributed by atoms with E-state index in [1.54, 1.807) is 0 Å². The fourth-order valence-electron chi connectivity index (χ4n) is 2.41. The molecule has 0 aliphatic heterocycles. The maximum atomic E-state index is 9.60. The standard InChI is InChI=1S/C13H27NO/c1-11(12-7-5-4-6-8-12)14-10-9-13(2,3)15/h11-12,14-15H,4-10H2,1-3H3. The van der Waals surface area contributed by atoms with Gasteiger partial charge in [-0.15, -0.1) is 0 Å². The lowest BCUT2D eigenvalue weighted by atomic mass is 9.84. The number of aliphatic hydroxyl groups is 1. The molecule has 2 heteroatoms. The Morgan fingerprint density at radius 3 is 2.40 bits per heavy atom. The van der Waals surface area contributed by atoms with Gasteiger partial charge >= 0.3 is 0 Å². The van der Waals surface area contributed by atoms with Gasteiger partial charge in [-0.3, -0.25) is 0 Å². The van der Waals surface area contributed by atoms with Crippen molar-refractivity contribution in [2.45, 2.75) is 70.9 Å². The van der Waals surface area contributed by atoms with Crippen LogP contribution in [0.25, 0.3) is 0 Å². The summed E-state index contributed by atoms with van der Waals surface area (Å²) in [6.45, 7) is 6.97. The zero-order valence-electron chi connectivity index (χ0n) is 10.6. The fraction of sp³-hybridized carbons (Fsp3) is 1.00. The van der Waals surface area contributed by atoms with Crippen LogP contribution in [-0.2, 0) is 0 Å². The molecule has 0 radical (unpaired) electrons. The fourth-order valence-corrected chi connectivity index (χ4v) is 2.41. The Balaban J connectivity index is 2.14. The Bertz CT molecular complexity index is 168.